The summed E-state index contributed by atoms with van der Waals surface area (Å²) in [7, 11) is 0. The molecule has 2 aromatic rings. The van der Waals surface area contributed by atoms with Crippen LogP contribution >= 0.6 is 0 Å². The van der Waals surface area contributed by atoms with Crippen LogP contribution in [0.1, 0.15) is 30.1 Å². The summed E-state index contributed by atoms with van der Waals surface area (Å²) >= 11 is 0. The third kappa shape index (κ3) is 4.05. The predicted octanol–water partition coefficient (Wildman–Crippen LogP) is 2.49. The lowest BCUT2D eigenvalue weighted by Gasteiger charge is -2.34. The number of amides is 2. The molecule has 0 aromatic heterocycles. The zero-order chi connectivity index (χ0) is 17.8. The maximum absolute atomic E-state index is 12.4. The van der Waals surface area contributed by atoms with Gasteiger partial charge in [0, 0.05) is 51.5 Å². The van der Waals surface area contributed by atoms with Crippen LogP contribution in [0.4, 0.5) is 0 Å². The summed E-state index contributed by atoms with van der Waals surface area (Å²) < 4.78 is 0. The van der Waals surface area contributed by atoms with Crippen molar-refractivity contribution in [3.8, 4) is 0 Å². The molecule has 130 valence electrons. The predicted molar refractivity (Wildman–Crippen MR) is 96.3 cm³/mol. The number of benzene rings is 2. The lowest BCUT2D eigenvalue weighted by atomic mass is 10.0. The molecule has 2 amide bonds. The zero-order valence-corrected chi connectivity index (χ0v) is 14.4. The number of Topliss-reactive ketones (excluding diaryl/α,β-unsaturated/α-hetero) is 1. The second-order valence-electron chi connectivity index (χ2n) is 6.37. The first kappa shape index (κ1) is 17.1. The fourth-order valence-corrected chi connectivity index (χ4v) is 3.16. The molecule has 1 saturated heterocycles. The number of hydrogen-bond acceptors (Lipinski definition) is 3. The van der Waals surface area contributed by atoms with Crippen LogP contribution in [0, 0.1) is 0 Å². The van der Waals surface area contributed by atoms with Gasteiger partial charge in [-0.2, -0.15) is 0 Å². The summed E-state index contributed by atoms with van der Waals surface area (Å²) in [4.78, 5) is 39.5. The Morgan fingerprint density at radius 3 is 2.16 bits per heavy atom. The second-order valence-corrected chi connectivity index (χ2v) is 6.37. The second kappa shape index (κ2) is 7.47. The fourth-order valence-electron chi connectivity index (χ4n) is 3.16. The van der Waals surface area contributed by atoms with E-state index in [1.807, 2.05) is 42.5 Å². The molecular weight excluding hydrogens is 316 g/mol. The highest BCUT2D eigenvalue weighted by atomic mass is 16.2. The fraction of sp³-hybridized carbons (Fsp3) is 0.350. The maximum Gasteiger partial charge on any atom is 0.223 e. The van der Waals surface area contributed by atoms with Crippen molar-refractivity contribution in [2.75, 3.05) is 26.2 Å². The van der Waals surface area contributed by atoms with Crippen LogP contribution < -0.4 is 0 Å². The minimum absolute atomic E-state index is 0.0125. The van der Waals surface area contributed by atoms with Gasteiger partial charge in [-0.25, -0.2) is 0 Å². The molecule has 0 aliphatic carbocycles. The lowest BCUT2D eigenvalue weighted by molar-refractivity contribution is -0.138. The summed E-state index contributed by atoms with van der Waals surface area (Å²) in [5.41, 5.74) is 0.646. The molecule has 1 aliphatic rings. The molecule has 0 radical (unpaired) electrons. The van der Waals surface area contributed by atoms with E-state index >= 15 is 0 Å². The van der Waals surface area contributed by atoms with Gasteiger partial charge in [0.1, 0.15) is 0 Å². The smallest absolute Gasteiger partial charge is 0.223 e. The highest BCUT2D eigenvalue weighted by Gasteiger charge is 2.22. The van der Waals surface area contributed by atoms with Crippen molar-refractivity contribution in [2.45, 2.75) is 19.8 Å². The number of piperazine rings is 1. The Kier molecular flexibility index (Phi) is 5.12. The molecule has 1 heterocycles. The van der Waals surface area contributed by atoms with Crippen LogP contribution in [0.15, 0.2) is 42.5 Å². The summed E-state index contributed by atoms with van der Waals surface area (Å²) in [5, 5.41) is 2.12. The monoisotopic (exact) mass is 338 g/mol. The average molecular weight is 338 g/mol. The summed E-state index contributed by atoms with van der Waals surface area (Å²) in [5.74, 6) is 0.0115. The molecule has 0 N–H and O–H groups in total. The van der Waals surface area contributed by atoms with Crippen LogP contribution in [0.3, 0.4) is 0 Å². The first-order valence-corrected chi connectivity index (χ1v) is 8.60. The highest BCUT2D eigenvalue weighted by molar-refractivity contribution is 6.01. The number of carbonyl (C=O) groups excluding carboxylic acids is 3. The number of hydrogen-bond donors (Lipinski definition) is 0. The van der Waals surface area contributed by atoms with Crippen molar-refractivity contribution in [1.82, 2.24) is 9.80 Å². The zero-order valence-electron chi connectivity index (χ0n) is 14.4. The van der Waals surface area contributed by atoms with E-state index in [0.29, 0.717) is 31.7 Å². The summed E-state index contributed by atoms with van der Waals surface area (Å²) in [6.45, 7) is 3.77. The molecule has 5 heteroatoms. The SMILES string of the molecule is CC(=O)N1CCN(C(=O)CCC(=O)c2ccc3ccccc3c2)CC1. The minimum atomic E-state index is -0.0164. The van der Waals surface area contributed by atoms with E-state index in [1.54, 1.807) is 16.7 Å². The molecule has 3 rings (SSSR count). The maximum atomic E-state index is 12.4. The van der Waals surface area contributed by atoms with Gasteiger partial charge in [-0.05, 0) is 16.8 Å². The van der Waals surface area contributed by atoms with Gasteiger partial charge >= 0.3 is 0 Å². The van der Waals surface area contributed by atoms with Gasteiger partial charge in [-0.3, -0.25) is 14.4 Å². The van der Waals surface area contributed by atoms with E-state index < -0.39 is 0 Å². The summed E-state index contributed by atoms with van der Waals surface area (Å²) in [6.07, 6.45) is 0.426. The third-order valence-electron chi connectivity index (χ3n) is 4.72. The minimum Gasteiger partial charge on any atom is -0.339 e. The van der Waals surface area contributed by atoms with Crippen molar-refractivity contribution >= 4 is 28.4 Å². The quantitative estimate of drug-likeness (QED) is 0.805. The van der Waals surface area contributed by atoms with E-state index in [0.717, 1.165) is 10.8 Å². The van der Waals surface area contributed by atoms with Gasteiger partial charge in [0.15, 0.2) is 5.78 Å². The highest BCUT2D eigenvalue weighted by Crippen LogP contribution is 2.17. The van der Waals surface area contributed by atoms with E-state index in [9.17, 15) is 14.4 Å². The van der Waals surface area contributed by atoms with Crippen LogP contribution in [-0.2, 0) is 9.59 Å². The Balaban J connectivity index is 1.54. The first-order chi connectivity index (χ1) is 12.0. The molecule has 0 atom stereocenters. The van der Waals surface area contributed by atoms with Gasteiger partial charge in [-0.15, -0.1) is 0 Å². The molecule has 0 bridgehead atoms. The third-order valence-corrected chi connectivity index (χ3v) is 4.72. The topological polar surface area (TPSA) is 57.7 Å². The van der Waals surface area contributed by atoms with Crippen LogP contribution in [0.2, 0.25) is 0 Å². The molecule has 2 aromatic carbocycles. The van der Waals surface area contributed by atoms with Crippen LogP contribution in [-0.4, -0.2) is 53.6 Å². The molecule has 0 unspecified atom stereocenters. The number of rotatable bonds is 4. The van der Waals surface area contributed by atoms with Crippen molar-refractivity contribution in [2.24, 2.45) is 0 Å². The molecule has 5 nitrogen and oxygen atoms in total. The molecule has 0 saturated carbocycles. The van der Waals surface area contributed by atoms with E-state index in [-0.39, 0.29) is 30.4 Å². The van der Waals surface area contributed by atoms with Gasteiger partial charge in [-0.1, -0.05) is 36.4 Å². The van der Waals surface area contributed by atoms with E-state index in [4.69, 9.17) is 0 Å². The molecule has 25 heavy (non-hydrogen) atoms. The van der Waals surface area contributed by atoms with Crippen molar-refractivity contribution in [1.29, 1.82) is 0 Å². The standard InChI is InChI=1S/C20H22N2O3/c1-15(23)21-10-12-22(13-11-21)20(25)9-8-19(24)18-7-6-16-4-2-3-5-17(16)14-18/h2-7,14H,8-13H2,1H3. The summed E-state index contributed by atoms with van der Waals surface area (Å²) in [6, 6.07) is 13.5. The number of ketones is 1. The van der Waals surface area contributed by atoms with Crippen molar-refractivity contribution < 1.29 is 14.4 Å². The molecular formula is C20H22N2O3. The molecule has 1 aliphatic heterocycles. The van der Waals surface area contributed by atoms with Crippen LogP contribution in [0.5, 0.6) is 0 Å². The van der Waals surface area contributed by atoms with Crippen molar-refractivity contribution in [3.05, 3.63) is 48.0 Å². The normalized spacial score (nSPS) is 14.6. The Labute approximate surface area is 147 Å². The molecule has 1 fully saturated rings. The Morgan fingerprint density at radius 2 is 1.48 bits per heavy atom. The van der Waals surface area contributed by atoms with Crippen LogP contribution in [0.25, 0.3) is 10.8 Å². The van der Waals surface area contributed by atoms with Crippen molar-refractivity contribution in [3.63, 3.8) is 0 Å². The largest absolute Gasteiger partial charge is 0.339 e. The Bertz CT molecular complexity index is 807. The number of nitrogens with zero attached hydrogens (tertiary/aromatic N) is 2. The van der Waals surface area contributed by atoms with Gasteiger partial charge in [0.05, 0.1) is 0 Å². The van der Waals surface area contributed by atoms with E-state index in [1.165, 1.54) is 0 Å². The lowest BCUT2D eigenvalue weighted by Crippen LogP contribution is -2.50. The first-order valence-electron chi connectivity index (χ1n) is 8.60. The average Bonchev–Trinajstić information content (AvgIpc) is 2.65. The van der Waals surface area contributed by atoms with Gasteiger partial charge in [0.25, 0.3) is 0 Å². The van der Waals surface area contributed by atoms with Gasteiger partial charge < -0.3 is 9.80 Å². The Hall–Kier alpha value is -2.69. The van der Waals surface area contributed by atoms with Gasteiger partial charge in [0.2, 0.25) is 11.8 Å². The molecule has 0 spiro atoms. The Morgan fingerprint density at radius 1 is 0.840 bits per heavy atom. The van der Waals surface area contributed by atoms with E-state index in [2.05, 4.69) is 0 Å². The number of fused-ring (bicyclic) bond motifs is 1. The number of carbonyl (C=O) groups is 3.